The van der Waals surface area contributed by atoms with E-state index in [1.165, 1.54) is 12.8 Å². The number of amides is 2. The van der Waals surface area contributed by atoms with Gasteiger partial charge >= 0.3 is 0 Å². The Morgan fingerprint density at radius 2 is 1.91 bits per heavy atom. The third-order valence-corrected chi connectivity index (χ3v) is 4.11. The predicted octanol–water partition coefficient (Wildman–Crippen LogP) is 2.75. The van der Waals surface area contributed by atoms with Gasteiger partial charge in [0, 0.05) is 24.7 Å². The molecule has 0 heterocycles. The van der Waals surface area contributed by atoms with E-state index in [0.29, 0.717) is 17.5 Å². The van der Waals surface area contributed by atoms with Crippen LogP contribution in [-0.4, -0.2) is 24.9 Å². The topological polar surface area (TPSA) is 58.2 Å². The Morgan fingerprint density at radius 1 is 1.18 bits per heavy atom. The summed E-state index contributed by atoms with van der Waals surface area (Å²) >= 11 is 0. The number of nitrogens with one attached hydrogen (secondary N) is 2. The van der Waals surface area contributed by atoms with E-state index in [1.54, 1.807) is 31.3 Å². The summed E-state index contributed by atoms with van der Waals surface area (Å²) < 4.78 is 0. The Morgan fingerprint density at radius 3 is 2.55 bits per heavy atom. The van der Waals surface area contributed by atoms with Gasteiger partial charge in [0.1, 0.15) is 0 Å². The van der Waals surface area contributed by atoms with Crippen LogP contribution >= 0.6 is 0 Å². The third-order valence-electron chi connectivity index (χ3n) is 4.11. The summed E-state index contributed by atoms with van der Waals surface area (Å²) in [5, 5.41) is 5.65. The molecule has 1 fully saturated rings. The van der Waals surface area contributed by atoms with Gasteiger partial charge in [0.2, 0.25) is 5.91 Å². The molecular weight excluding hydrogens is 276 g/mol. The summed E-state index contributed by atoms with van der Waals surface area (Å²) in [6, 6.07) is 7.46. The first kappa shape index (κ1) is 16.3. The summed E-state index contributed by atoms with van der Waals surface area (Å²) in [6.45, 7) is 2.24. The lowest BCUT2D eigenvalue weighted by Crippen LogP contribution is -2.36. The first-order valence-corrected chi connectivity index (χ1v) is 7.89. The quantitative estimate of drug-likeness (QED) is 0.840. The van der Waals surface area contributed by atoms with Crippen molar-refractivity contribution in [2.45, 2.75) is 38.6 Å². The van der Waals surface area contributed by atoms with Crippen LogP contribution in [0.2, 0.25) is 0 Å². The van der Waals surface area contributed by atoms with Crippen LogP contribution in [0.1, 0.15) is 48.5 Å². The molecule has 1 aliphatic rings. The monoisotopic (exact) mass is 300 g/mol. The Hall–Kier alpha value is -2.10. The maximum absolute atomic E-state index is 12.0. The van der Waals surface area contributed by atoms with Crippen molar-refractivity contribution >= 4 is 17.9 Å². The van der Waals surface area contributed by atoms with E-state index in [9.17, 15) is 9.59 Å². The molecule has 4 nitrogen and oxygen atoms in total. The fourth-order valence-corrected chi connectivity index (χ4v) is 2.88. The van der Waals surface area contributed by atoms with E-state index in [1.807, 2.05) is 12.1 Å². The van der Waals surface area contributed by atoms with Gasteiger partial charge in [-0.25, -0.2) is 0 Å². The fourth-order valence-electron chi connectivity index (χ4n) is 2.88. The highest BCUT2D eigenvalue weighted by Gasteiger charge is 2.19. The molecule has 2 N–H and O–H groups in total. The molecule has 2 atom stereocenters. The average molecular weight is 300 g/mol. The van der Waals surface area contributed by atoms with Crippen LogP contribution in [0.5, 0.6) is 0 Å². The van der Waals surface area contributed by atoms with E-state index < -0.39 is 0 Å². The highest BCUT2D eigenvalue weighted by Crippen LogP contribution is 2.23. The maximum atomic E-state index is 12.0. The molecule has 0 aliphatic heterocycles. The second-order valence-corrected chi connectivity index (χ2v) is 6.01. The number of hydrogen-bond donors (Lipinski definition) is 2. The van der Waals surface area contributed by atoms with E-state index in [2.05, 4.69) is 17.6 Å². The molecule has 2 amide bonds. The molecule has 1 aliphatic carbocycles. The predicted molar refractivity (Wildman–Crippen MR) is 88.4 cm³/mol. The normalized spacial score (nSPS) is 21.5. The summed E-state index contributed by atoms with van der Waals surface area (Å²) in [6.07, 6.45) is 7.94. The zero-order valence-electron chi connectivity index (χ0n) is 13.3. The van der Waals surface area contributed by atoms with Crippen molar-refractivity contribution in [3.63, 3.8) is 0 Å². The minimum absolute atomic E-state index is 0.0468. The van der Waals surface area contributed by atoms with Crippen LogP contribution < -0.4 is 10.6 Å². The molecule has 1 saturated carbocycles. The van der Waals surface area contributed by atoms with E-state index in [4.69, 9.17) is 0 Å². The van der Waals surface area contributed by atoms with Crippen LogP contribution in [0.25, 0.3) is 6.08 Å². The number of benzene rings is 1. The molecule has 0 spiro atoms. The second-order valence-electron chi connectivity index (χ2n) is 6.01. The lowest BCUT2D eigenvalue weighted by Gasteiger charge is -2.26. The highest BCUT2D eigenvalue weighted by molar-refractivity contribution is 5.94. The molecule has 1 aromatic carbocycles. The maximum Gasteiger partial charge on any atom is 0.251 e. The number of carbonyl (C=O) groups is 2. The van der Waals surface area contributed by atoms with Crippen molar-refractivity contribution in [1.82, 2.24) is 10.6 Å². The summed E-state index contributed by atoms with van der Waals surface area (Å²) in [7, 11) is 1.60. The van der Waals surface area contributed by atoms with Gasteiger partial charge in [-0.15, -0.1) is 0 Å². The van der Waals surface area contributed by atoms with Crippen LogP contribution in [-0.2, 0) is 4.79 Å². The van der Waals surface area contributed by atoms with Crippen LogP contribution in [0.4, 0.5) is 0 Å². The van der Waals surface area contributed by atoms with Crippen molar-refractivity contribution in [2.24, 2.45) is 5.92 Å². The van der Waals surface area contributed by atoms with Crippen LogP contribution in [0.15, 0.2) is 30.3 Å². The van der Waals surface area contributed by atoms with Gasteiger partial charge in [0.15, 0.2) is 0 Å². The van der Waals surface area contributed by atoms with Crippen molar-refractivity contribution in [3.8, 4) is 0 Å². The summed E-state index contributed by atoms with van der Waals surface area (Å²) in [5.41, 5.74) is 1.51. The third kappa shape index (κ3) is 4.72. The zero-order chi connectivity index (χ0) is 15.9. The van der Waals surface area contributed by atoms with Crippen molar-refractivity contribution < 1.29 is 9.59 Å². The number of hydrogen-bond acceptors (Lipinski definition) is 2. The van der Waals surface area contributed by atoms with Gasteiger partial charge in [-0.05, 0) is 42.5 Å². The highest BCUT2D eigenvalue weighted by atomic mass is 16.2. The van der Waals surface area contributed by atoms with Crippen LogP contribution in [0.3, 0.4) is 0 Å². The molecule has 22 heavy (non-hydrogen) atoms. The van der Waals surface area contributed by atoms with E-state index >= 15 is 0 Å². The molecule has 0 bridgehead atoms. The Balaban J connectivity index is 1.88. The molecule has 1 aromatic rings. The van der Waals surface area contributed by atoms with Crippen LogP contribution in [0, 0.1) is 5.92 Å². The van der Waals surface area contributed by atoms with Gasteiger partial charge in [-0.3, -0.25) is 9.59 Å². The van der Waals surface area contributed by atoms with Gasteiger partial charge in [-0.2, -0.15) is 0 Å². The number of carbonyl (C=O) groups excluding carboxylic acids is 2. The summed E-state index contributed by atoms with van der Waals surface area (Å²) in [5.74, 6) is 0.537. The minimum atomic E-state index is -0.111. The molecule has 0 aromatic heterocycles. The van der Waals surface area contributed by atoms with Gasteiger partial charge < -0.3 is 10.6 Å². The second kappa shape index (κ2) is 7.78. The average Bonchev–Trinajstić information content (AvgIpc) is 2.52. The molecule has 0 saturated heterocycles. The number of rotatable bonds is 4. The first-order chi connectivity index (χ1) is 10.6. The van der Waals surface area contributed by atoms with Crippen molar-refractivity contribution in [2.75, 3.05) is 7.05 Å². The molecule has 2 rings (SSSR count). The molecule has 4 heteroatoms. The Kier molecular flexibility index (Phi) is 5.75. The van der Waals surface area contributed by atoms with Crippen molar-refractivity contribution in [3.05, 3.63) is 41.5 Å². The SMILES string of the molecule is CNC(=O)c1ccc(/C=C/C(=O)NC2CCCC(C)C2)cc1. The smallest absolute Gasteiger partial charge is 0.251 e. The zero-order valence-corrected chi connectivity index (χ0v) is 13.3. The first-order valence-electron chi connectivity index (χ1n) is 7.89. The van der Waals surface area contributed by atoms with Gasteiger partial charge in [-0.1, -0.05) is 31.9 Å². The fraction of sp³-hybridized carbons (Fsp3) is 0.444. The van der Waals surface area contributed by atoms with Crippen molar-refractivity contribution in [1.29, 1.82) is 0 Å². The lowest BCUT2D eigenvalue weighted by atomic mass is 9.87. The molecule has 0 radical (unpaired) electrons. The lowest BCUT2D eigenvalue weighted by molar-refractivity contribution is -0.117. The largest absolute Gasteiger partial charge is 0.355 e. The Bertz CT molecular complexity index is 549. The van der Waals surface area contributed by atoms with Gasteiger partial charge in [0.25, 0.3) is 5.91 Å². The van der Waals surface area contributed by atoms with E-state index in [-0.39, 0.29) is 11.8 Å². The van der Waals surface area contributed by atoms with Gasteiger partial charge in [0.05, 0.1) is 0 Å². The summed E-state index contributed by atoms with van der Waals surface area (Å²) in [4.78, 5) is 23.4. The molecule has 118 valence electrons. The Labute approximate surface area is 132 Å². The minimum Gasteiger partial charge on any atom is -0.355 e. The standard InChI is InChI=1S/C18H24N2O2/c1-13-4-3-5-16(12-13)20-17(21)11-8-14-6-9-15(10-7-14)18(22)19-2/h6-11,13,16H,3-5,12H2,1-2H3,(H,19,22)(H,20,21)/b11-8+. The molecular formula is C18H24N2O2. The van der Waals surface area contributed by atoms with E-state index in [0.717, 1.165) is 18.4 Å². The molecule has 2 unspecified atom stereocenters.